The van der Waals surface area contributed by atoms with Crippen molar-refractivity contribution in [1.29, 1.82) is 0 Å². The van der Waals surface area contributed by atoms with Crippen LogP contribution in [0.2, 0.25) is 0 Å². The summed E-state index contributed by atoms with van der Waals surface area (Å²) in [6, 6.07) is 0. The third-order valence-electron chi connectivity index (χ3n) is 1.34. The Kier molecular flexibility index (Phi) is 5.46. The maximum atomic E-state index is 6.06. The fraction of sp³-hybridized carbons (Fsp3) is 0.750. The van der Waals surface area contributed by atoms with Crippen LogP contribution in [0.15, 0.2) is 12.7 Å². The van der Waals surface area contributed by atoms with E-state index in [1.807, 2.05) is 6.08 Å². The van der Waals surface area contributed by atoms with Gasteiger partial charge in [-0.3, -0.25) is 0 Å². The zero-order valence-corrected chi connectivity index (χ0v) is 8.71. The van der Waals surface area contributed by atoms with Crippen molar-refractivity contribution in [1.82, 2.24) is 0 Å². The Morgan fingerprint density at radius 3 is 2.70 bits per heavy atom. The molecule has 2 heteroatoms. The topological polar surface area (TPSA) is 0 Å². The third-order valence-corrected chi connectivity index (χ3v) is 2.40. The van der Waals surface area contributed by atoms with Crippen LogP contribution in [0.1, 0.15) is 32.6 Å². The molecule has 1 atom stereocenters. The molecule has 0 saturated heterocycles. The van der Waals surface area contributed by atoms with E-state index in [2.05, 4.69) is 29.4 Å². The molecule has 0 saturated carbocycles. The molecule has 10 heavy (non-hydrogen) atoms. The quantitative estimate of drug-likeness (QED) is 0.488. The molecule has 1 unspecified atom stereocenters. The number of allylic oxidation sites excluding steroid dienone is 1. The Balaban J connectivity index is 3.51. The number of alkyl halides is 2. The second-order valence-electron chi connectivity index (χ2n) is 2.45. The minimum Gasteiger partial charge on any atom is -0.106 e. The van der Waals surface area contributed by atoms with E-state index in [0.717, 1.165) is 12.8 Å². The molecular formula is C8H14BrCl. The van der Waals surface area contributed by atoms with E-state index >= 15 is 0 Å². The summed E-state index contributed by atoms with van der Waals surface area (Å²) < 4.78 is -0.231. The molecule has 60 valence electrons. The molecule has 0 nitrogen and oxygen atoms in total. The predicted molar refractivity (Wildman–Crippen MR) is 51.9 cm³/mol. The molecular weight excluding hydrogens is 211 g/mol. The van der Waals surface area contributed by atoms with Crippen molar-refractivity contribution in [3.63, 3.8) is 0 Å². The first-order valence-electron chi connectivity index (χ1n) is 3.61. The Labute approximate surface area is 76.8 Å². The summed E-state index contributed by atoms with van der Waals surface area (Å²) in [5.41, 5.74) is 0. The largest absolute Gasteiger partial charge is 0.106 e. The van der Waals surface area contributed by atoms with E-state index in [0.29, 0.717) is 0 Å². The first-order chi connectivity index (χ1) is 4.62. The van der Waals surface area contributed by atoms with Gasteiger partial charge in [0.1, 0.15) is 3.78 Å². The van der Waals surface area contributed by atoms with Crippen LogP contribution in [0.4, 0.5) is 0 Å². The van der Waals surface area contributed by atoms with Crippen LogP contribution in [-0.2, 0) is 0 Å². The first kappa shape index (κ1) is 10.5. The highest BCUT2D eigenvalue weighted by atomic mass is 79.9. The molecule has 0 spiro atoms. The second kappa shape index (κ2) is 5.20. The summed E-state index contributed by atoms with van der Waals surface area (Å²) in [5.74, 6) is 0. The van der Waals surface area contributed by atoms with Crippen molar-refractivity contribution in [2.24, 2.45) is 0 Å². The van der Waals surface area contributed by atoms with Crippen LogP contribution in [0.25, 0.3) is 0 Å². The second-order valence-corrected chi connectivity index (χ2v) is 5.15. The van der Waals surface area contributed by atoms with Gasteiger partial charge in [-0.1, -0.05) is 41.8 Å². The molecule has 0 aliphatic carbocycles. The highest BCUT2D eigenvalue weighted by molar-refractivity contribution is 9.10. The smallest absolute Gasteiger partial charge is 0.103 e. The zero-order chi connectivity index (χ0) is 8.04. The van der Waals surface area contributed by atoms with Crippen molar-refractivity contribution in [3.05, 3.63) is 12.7 Å². The minimum absolute atomic E-state index is 0.231. The van der Waals surface area contributed by atoms with E-state index in [1.165, 1.54) is 12.8 Å². The average Bonchev–Trinajstić information content (AvgIpc) is 1.84. The minimum atomic E-state index is -0.231. The van der Waals surface area contributed by atoms with Gasteiger partial charge in [0.2, 0.25) is 0 Å². The van der Waals surface area contributed by atoms with Crippen LogP contribution >= 0.6 is 27.5 Å². The number of rotatable bonds is 5. The van der Waals surface area contributed by atoms with Gasteiger partial charge in [0.25, 0.3) is 0 Å². The zero-order valence-electron chi connectivity index (χ0n) is 6.37. The van der Waals surface area contributed by atoms with Gasteiger partial charge in [0, 0.05) is 0 Å². The van der Waals surface area contributed by atoms with E-state index in [-0.39, 0.29) is 3.78 Å². The van der Waals surface area contributed by atoms with Gasteiger partial charge in [0.05, 0.1) is 0 Å². The van der Waals surface area contributed by atoms with Gasteiger partial charge in [-0.25, -0.2) is 0 Å². The SMILES string of the molecule is C=CCC(Cl)(Br)CCCC. The van der Waals surface area contributed by atoms with Crippen molar-refractivity contribution in [2.75, 3.05) is 0 Å². The van der Waals surface area contributed by atoms with Gasteiger partial charge in [-0.15, -0.1) is 18.2 Å². The van der Waals surface area contributed by atoms with Gasteiger partial charge in [-0.2, -0.15) is 0 Å². The molecule has 0 rings (SSSR count). The Morgan fingerprint density at radius 2 is 2.30 bits per heavy atom. The van der Waals surface area contributed by atoms with Crippen molar-refractivity contribution < 1.29 is 0 Å². The van der Waals surface area contributed by atoms with Crippen LogP contribution in [-0.4, -0.2) is 3.78 Å². The van der Waals surface area contributed by atoms with E-state index < -0.39 is 0 Å². The van der Waals surface area contributed by atoms with Gasteiger partial charge in [0.15, 0.2) is 0 Å². The summed E-state index contributed by atoms with van der Waals surface area (Å²) in [5, 5.41) is 0. The lowest BCUT2D eigenvalue weighted by Gasteiger charge is -2.16. The average molecular weight is 226 g/mol. The highest BCUT2D eigenvalue weighted by Gasteiger charge is 2.19. The lowest BCUT2D eigenvalue weighted by Crippen LogP contribution is -2.09. The molecule has 0 heterocycles. The molecule has 0 fully saturated rings. The lowest BCUT2D eigenvalue weighted by molar-refractivity contribution is 0.657. The highest BCUT2D eigenvalue weighted by Crippen LogP contribution is 2.33. The molecule has 0 N–H and O–H groups in total. The Hall–Kier alpha value is 0.510. The van der Waals surface area contributed by atoms with Gasteiger partial charge in [-0.05, 0) is 12.8 Å². The van der Waals surface area contributed by atoms with Crippen molar-refractivity contribution in [3.8, 4) is 0 Å². The van der Waals surface area contributed by atoms with E-state index in [1.54, 1.807) is 0 Å². The Bertz CT molecular complexity index is 99.4. The molecule has 0 aliphatic heterocycles. The molecule has 0 bridgehead atoms. The summed E-state index contributed by atoms with van der Waals surface area (Å²) in [6.45, 7) is 5.80. The number of unbranched alkanes of at least 4 members (excludes halogenated alkanes) is 1. The summed E-state index contributed by atoms with van der Waals surface area (Å²) in [7, 11) is 0. The monoisotopic (exact) mass is 224 g/mol. The first-order valence-corrected chi connectivity index (χ1v) is 4.78. The Morgan fingerprint density at radius 1 is 1.70 bits per heavy atom. The molecule has 0 aromatic rings. The molecule has 0 radical (unpaired) electrons. The normalized spacial score (nSPS) is 16.3. The number of hydrogen-bond acceptors (Lipinski definition) is 0. The summed E-state index contributed by atoms with van der Waals surface area (Å²) in [6.07, 6.45) is 6.04. The third kappa shape index (κ3) is 5.31. The maximum Gasteiger partial charge on any atom is 0.103 e. The fourth-order valence-electron chi connectivity index (χ4n) is 0.749. The van der Waals surface area contributed by atoms with Crippen LogP contribution in [0.3, 0.4) is 0 Å². The van der Waals surface area contributed by atoms with Crippen LogP contribution < -0.4 is 0 Å². The van der Waals surface area contributed by atoms with Crippen molar-refractivity contribution in [2.45, 2.75) is 36.4 Å². The summed E-state index contributed by atoms with van der Waals surface area (Å²) in [4.78, 5) is 0. The fourth-order valence-corrected chi connectivity index (χ4v) is 1.50. The number of hydrogen-bond donors (Lipinski definition) is 0. The lowest BCUT2D eigenvalue weighted by atomic mass is 10.1. The maximum absolute atomic E-state index is 6.06. The van der Waals surface area contributed by atoms with Gasteiger partial charge >= 0.3 is 0 Å². The van der Waals surface area contributed by atoms with Crippen LogP contribution in [0, 0.1) is 0 Å². The molecule has 0 amide bonds. The van der Waals surface area contributed by atoms with Crippen molar-refractivity contribution >= 4 is 27.5 Å². The summed E-state index contributed by atoms with van der Waals surface area (Å²) >= 11 is 9.50. The van der Waals surface area contributed by atoms with E-state index in [9.17, 15) is 0 Å². The standard InChI is InChI=1S/C8H14BrCl/c1-3-5-7-8(9,10)6-4-2/h4H,2-3,5-7H2,1H3. The van der Waals surface area contributed by atoms with Crippen LogP contribution in [0.5, 0.6) is 0 Å². The molecule has 0 aliphatic rings. The predicted octanol–water partition coefficient (Wildman–Crippen LogP) is 4.08. The molecule has 0 aromatic heterocycles. The number of halogens is 2. The molecule has 0 aromatic carbocycles. The van der Waals surface area contributed by atoms with E-state index in [4.69, 9.17) is 11.6 Å². The van der Waals surface area contributed by atoms with Gasteiger partial charge < -0.3 is 0 Å².